The maximum atomic E-state index is 12.1. The van der Waals surface area contributed by atoms with Crippen LogP contribution in [0, 0.1) is 0 Å². The number of rotatable bonds is 5. The Balaban J connectivity index is 2.17. The van der Waals surface area contributed by atoms with Gasteiger partial charge in [-0.1, -0.05) is 19.1 Å². The fourth-order valence-corrected chi connectivity index (χ4v) is 2.73. The van der Waals surface area contributed by atoms with Gasteiger partial charge in [-0.05, 0) is 24.1 Å². The van der Waals surface area contributed by atoms with Crippen LogP contribution >= 0.6 is 0 Å². The van der Waals surface area contributed by atoms with Crippen LogP contribution in [0.2, 0.25) is 0 Å². The fraction of sp³-hybridized carbons (Fsp3) is 0.467. The Labute approximate surface area is 118 Å². The number of likely N-dealkylation sites (tertiary alicyclic amines) is 1. The van der Waals surface area contributed by atoms with Gasteiger partial charge < -0.3 is 15.4 Å². The van der Waals surface area contributed by atoms with Gasteiger partial charge in [0.15, 0.2) is 0 Å². The molecular formula is C15H20N2O3. The lowest BCUT2D eigenvalue weighted by molar-refractivity contribution is -0.136. The molecule has 5 heteroatoms. The fourth-order valence-electron chi connectivity index (χ4n) is 2.73. The van der Waals surface area contributed by atoms with Crippen LogP contribution < -0.4 is 10.5 Å². The number of nitrogens with zero attached hydrogens (tertiary/aromatic N) is 1. The van der Waals surface area contributed by atoms with Crippen molar-refractivity contribution in [3.63, 3.8) is 0 Å². The van der Waals surface area contributed by atoms with Gasteiger partial charge in [0.2, 0.25) is 11.8 Å². The van der Waals surface area contributed by atoms with Crippen molar-refractivity contribution in [2.45, 2.75) is 31.7 Å². The van der Waals surface area contributed by atoms with Crippen LogP contribution in [0.4, 0.5) is 0 Å². The van der Waals surface area contributed by atoms with E-state index in [0.29, 0.717) is 19.4 Å². The summed E-state index contributed by atoms with van der Waals surface area (Å²) in [6, 6.07) is 7.20. The minimum atomic E-state index is -0.502. The highest BCUT2D eigenvalue weighted by Crippen LogP contribution is 2.31. The van der Waals surface area contributed by atoms with Gasteiger partial charge >= 0.3 is 0 Å². The molecule has 1 heterocycles. The molecule has 1 saturated heterocycles. The Hall–Kier alpha value is -2.04. The summed E-state index contributed by atoms with van der Waals surface area (Å²) in [7, 11) is 1.62. The van der Waals surface area contributed by atoms with Gasteiger partial charge in [-0.2, -0.15) is 0 Å². The standard InChI is InChI=1S/C15H20N2O3/c1-3-13(15(16)19)17-9-11(8-14(17)18)10-5-4-6-12(7-10)20-2/h4-7,11,13H,3,8-9H2,1-2H3,(H2,16,19)/t11?,13-/m0/s1. The summed E-state index contributed by atoms with van der Waals surface area (Å²) in [5, 5.41) is 0. The number of nitrogens with two attached hydrogens (primary N) is 1. The van der Waals surface area contributed by atoms with Crippen molar-refractivity contribution < 1.29 is 14.3 Å². The quantitative estimate of drug-likeness (QED) is 0.880. The normalized spacial score (nSPS) is 20.0. The van der Waals surface area contributed by atoms with E-state index in [9.17, 15) is 9.59 Å². The molecule has 0 aliphatic carbocycles. The summed E-state index contributed by atoms with van der Waals surface area (Å²) in [5.74, 6) is 0.414. The van der Waals surface area contributed by atoms with Gasteiger partial charge in [-0.3, -0.25) is 9.59 Å². The zero-order chi connectivity index (χ0) is 14.7. The third-order valence-corrected chi connectivity index (χ3v) is 3.81. The monoisotopic (exact) mass is 276 g/mol. The van der Waals surface area contributed by atoms with Crippen LogP contribution in [-0.2, 0) is 9.59 Å². The SMILES string of the molecule is CC[C@@H](C(N)=O)N1CC(c2cccc(OC)c2)CC1=O. The first kappa shape index (κ1) is 14.4. The predicted octanol–water partition coefficient (Wildman–Crippen LogP) is 1.27. The van der Waals surface area contributed by atoms with Gasteiger partial charge in [-0.15, -0.1) is 0 Å². The van der Waals surface area contributed by atoms with Crippen LogP contribution in [0.5, 0.6) is 5.75 Å². The molecule has 2 N–H and O–H groups in total. The number of ether oxygens (including phenoxy) is 1. The van der Waals surface area contributed by atoms with Gasteiger partial charge in [0, 0.05) is 18.9 Å². The summed E-state index contributed by atoms with van der Waals surface area (Å²) in [4.78, 5) is 25.1. The summed E-state index contributed by atoms with van der Waals surface area (Å²) < 4.78 is 5.20. The molecule has 1 unspecified atom stereocenters. The summed E-state index contributed by atoms with van der Waals surface area (Å²) in [6.07, 6.45) is 0.961. The van der Waals surface area contributed by atoms with E-state index in [1.54, 1.807) is 12.0 Å². The third-order valence-electron chi connectivity index (χ3n) is 3.81. The maximum absolute atomic E-state index is 12.1. The molecule has 1 aromatic rings. The molecular weight excluding hydrogens is 256 g/mol. The van der Waals surface area contributed by atoms with E-state index in [4.69, 9.17) is 10.5 Å². The average molecular weight is 276 g/mol. The Kier molecular flexibility index (Phi) is 4.27. The molecule has 0 spiro atoms. The summed E-state index contributed by atoms with van der Waals surface area (Å²) >= 11 is 0. The van der Waals surface area contributed by atoms with E-state index < -0.39 is 11.9 Å². The first-order valence-corrected chi connectivity index (χ1v) is 6.79. The predicted molar refractivity (Wildman–Crippen MR) is 75.3 cm³/mol. The molecule has 0 saturated carbocycles. The molecule has 2 amide bonds. The van der Waals surface area contributed by atoms with E-state index in [1.807, 2.05) is 31.2 Å². The maximum Gasteiger partial charge on any atom is 0.240 e. The topological polar surface area (TPSA) is 72.6 Å². The lowest BCUT2D eigenvalue weighted by atomic mass is 9.98. The smallest absolute Gasteiger partial charge is 0.240 e. The van der Waals surface area contributed by atoms with E-state index in [1.165, 1.54) is 0 Å². The minimum Gasteiger partial charge on any atom is -0.497 e. The molecule has 1 aliphatic rings. The summed E-state index contributed by atoms with van der Waals surface area (Å²) in [6.45, 7) is 2.40. The molecule has 1 aliphatic heterocycles. The molecule has 1 aromatic carbocycles. The highest BCUT2D eigenvalue weighted by Gasteiger charge is 2.36. The van der Waals surface area contributed by atoms with Crippen LogP contribution in [-0.4, -0.2) is 36.4 Å². The number of amides is 2. The molecule has 20 heavy (non-hydrogen) atoms. The second-order valence-corrected chi connectivity index (χ2v) is 5.05. The number of benzene rings is 1. The molecule has 1 fully saturated rings. The number of hydrogen-bond donors (Lipinski definition) is 1. The zero-order valence-electron chi connectivity index (χ0n) is 11.8. The third kappa shape index (κ3) is 2.76. The van der Waals surface area contributed by atoms with Crippen LogP contribution in [0.25, 0.3) is 0 Å². The van der Waals surface area contributed by atoms with E-state index in [2.05, 4.69) is 0 Å². The number of methoxy groups -OCH3 is 1. The number of hydrogen-bond acceptors (Lipinski definition) is 3. The largest absolute Gasteiger partial charge is 0.497 e. The molecule has 0 aromatic heterocycles. The van der Waals surface area contributed by atoms with Crippen molar-refractivity contribution in [3.05, 3.63) is 29.8 Å². The van der Waals surface area contributed by atoms with Crippen LogP contribution in [0.15, 0.2) is 24.3 Å². The van der Waals surface area contributed by atoms with Crippen molar-refractivity contribution in [2.24, 2.45) is 5.73 Å². The van der Waals surface area contributed by atoms with Crippen molar-refractivity contribution in [1.29, 1.82) is 0 Å². The Morgan fingerprint density at radius 2 is 2.30 bits per heavy atom. The molecule has 5 nitrogen and oxygen atoms in total. The highest BCUT2D eigenvalue weighted by atomic mass is 16.5. The highest BCUT2D eigenvalue weighted by molar-refractivity contribution is 5.88. The second kappa shape index (κ2) is 5.94. The van der Waals surface area contributed by atoms with E-state index in [0.717, 1.165) is 11.3 Å². The van der Waals surface area contributed by atoms with Crippen LogP contribution in [0.3, 0.4) is 0 Å². The van der Waals surface area contributed by atoms with E-state index >= 15 is 0 Å². The molecule has 0 bridgehead atoms. The second-order valence-electron chi connectivity index (χ2n) is 5.05. The van der Waals surface area contributed by atoms with Crippen molar-refractivity contribution in [3.8, 4) is 5.75 Å². The Bertz CT molecular complexity index is 516. The Morgan fingerprint density at radius 1 is 1.55 bits per heavy atom. The van der Waals surface area contributed by atoms with Gasteiger partial charge in [0.05, 0.1) is 7.11 Å². The van der Waals surface area contributed by atoms with Gasteiger partial charge in [-0.25, -0.2) is 0 Å². The van der Waals surface area contributed by atoms with Crippen LogP contribution in [0.1, 0.15) is 31.2 Å². The Morgan fingerprint density at radius 3 is 2.90 bits per heavy atom. The minimum absolute atomic E-state index is 0.0107. The first-order chi connectivity index (χ1) is 9.56. The van der Waals surface area contributed by atoms with Gasteiger partial charge in [0.1, 0.15) is 11.8 Å². The number of carbonyl (C=O) groups excluding carboxylic acids is 2. The lowest BCUT2D eigenvalue weighted by Gasteiger charge is -2.24. The number of carbonyl (C=O) groups is 2. The molecule has 2 rings (SSSR count). The van der Waals surface area contributed by atoms with Crippen molar-refractivity contribution >= 4 is 11.8 Å². The lowest BCUT2D eigenvalue weighted by Crippen LogP contribution is -2.45. The van der Waals surface area contributed by atoms with Crippen molar-refractivity contribution in [2.75, 3.05) is 13.7 Å². The van der Waals surface area contributed by atoms with E-state index in [-0.39, 0.29) is 11.8 Å². The molecule has 2 atom stereocenters. The number of primary amides is 1. The molecule has 108 valence electrons. The first-order valence-electron chi connectivity index (χ1n) is 6.79. The van der Waals surface area contributed by atoms with Crippen molar-refractivity contribution in [1.82, 2.24) is 4.90 Å². The average Bonchev–Trinajstić information content (AvgIpc) is 2.81. The van der Waals surface area contributed by atoms with Gasteiger partial charge in [0.25, 0.3) is 0 Å². The molecule has 0 radical (unpaired) electrons. The summed E-state index contributed by atoms with van der Waals surface area (Å²) in [5.41, 5.74) is 6.42. The zero-order valence-corrected chi connectivity index (χ0v) is 11.8.